The molecule has 1 aromatic heterocycles. The summed E-state index contributed by atoms with van der Waals surface area (Å²) in [5.74, 6) is -1.65. The molecule has 0 radical (unpaired) electrons. The van der Waals surface area contributed by atoms with Crippen LogP contribution in [0.3, 0.4) is 0 Å². The first kappa shape index (κ1) is 14.2. The van der Waals surface area contributed by atoms with Gasteiger partial charge in [-0.1, -0.05) is 0 Å². The van der Waals surface area contributed by atoms with E-state index in [2.05, 4.69) is 21.2 Å². The van der Waals surface area contributed by atoms with Gasteiger partial charge < -0.3 is 10.4 Å². The lowest BCUT2D eigenvalue weighted by atomic mass is 10.0. The van der Waals surface area contributed by atoms with Gasteiger partial charge in [-0.15, -0.1) is 11.3 Å². The zero-order chi connectivity index (χ0) is 13.0. The fourth-order valence-electron chi connectivity index (χ4n) is 1.25. The summed E-state index contributed by atoms with van der Waals surface area (Å²) in [6, 6.07) is 3.39. The predicted molar refractivity (Wildman–Crippen MR) is 70.1 cm³/mol. The minimum Gasteiger partial charge on any atom is -0.481 e. The van der Waals surface area contributed by atoms with E-state index in [4.69, 9.17) is 5.11 Å². The molecule has 6 heteroatoms. The number of amides is 1. The van der Waals surface area contributed by atoms with Crippen LogP contribution in [0.15, 0.2) is 15.9 Å². The molecule has 1 rings (SSSR count). The Morgan fingerprint density at radius 1 is 1.47 bits per heavy atom. The van der Waals surface area contributed by atoms with E-state index < -0.39 is 11.9 Å². The van der Waals surface area contributed by atoms with Gasteiger partial charge >= 0.3 is 5.97 Å². The number of halogens is 1. The summed E-state index contributed by atoms with van der Waals surface area (Å²) < 4.78 is 0.979. The molecule has 0 saturated heterocycles. The Morgan fingerprint density at radius 2 is 2.12 bits per heavy atom. The van der Waals surface area contributed by atoms with Crippen molar-refractivity contribution in [3.8, 4) is 0 Å². The molecule has 0 spiro atoms. The quantitative estimate of drug-likeness (QED) is 0.875. The number of carbonyl (C=O) groups is 2. The highest BCUT2D eigenvalue weighted by atomic mass is 79.9. The molecule has 0 saturated carbocycles. The number of hydrogen-bond donors (Lipinski definition) is 2. The minimum absolute atomic E-state index is 0.153. The SMILES string of the molecule is CC(NC(=O)Cc1ccc(Br)s1)C(C)C(=O)O. The smallest absolute Gasteiger partial charge is 0.308 e. The van der Waals surface area contributed by atoms with Gasteiger partial charge in [-0.25, -0.2) is 0 Å². The molecular weight excluding hydrogens is 306 g/mol. The monoisotopic (exact) mass is 319 g/mol. The Balaban J connectivity index is 2.47. The van der Waals surface area contributed by atoms with Gasteiger partial charge in [0, 0.05) is 10.9 Å². The van der Waals surface area contributed by atoms with Gasteiger partial charge in [-0.05, 0) is 41.9 Å². The fourth-order valence-corrected chi connectivity index (χ4v) is 2.73. The van der Waals surface area contributed by atoms with Crippen molar-refractivity contribution >= 4 is 39.1 Å². The Bertz CT molecular complexity index is 419. The topological polar surface area (TPSA) is 66.4 Å². The zero-order valence-corrected chi connectivity index (χ0v) is 12.0. The van der Waals surface area contributed by atoms with Crippen molar-refractivity contribution in [3.63, 3.8) is 0 Å². The van der Waals surface area contributed by atoms with Gasteiger partial charge in [0.25, 0.3) is 0 Å². The third-order valence-electron chi connectivity index (χ3n) is 2.49. The summed E-state index contributed by atoms with van der Waals surface area (Å²) in [7, 11) is 0. The second-order valence-corrected chi connectivity index (χ2v) is 6.41. The molecule has 2 N–H and O–H groups in total. The van der Waals surface area contributed by atoms with Crippen molar-refractivity contribution in [2.45, 2.75) is 26.3 Å². The van der Waals surface area contributed by atoms with E-state index in [0.717, 1.165) is 8.66 Å². The molecule has 0 fully saturated rings. The fraction of sp³-hybridized carbons (Fsp3) is 0.455. The van der Waals surface area contributed by atoms with E-state index in [0.29, 0.717) is 0 Å². The molecular formula is C11H14BrNO3S. The summed E-state index contributed by atoms with van der Waals surface area (Å²) >= 11 is 4.82. The van der Waals surface area contributed by atoms with Crippen molar-refractivity contribution in [3.05, 3.63) is 20.8 Å². The molecule has 0 aliphatic heterocycles. The van der Waals surface area contributed by atoms with Crippen molar-refractivity contribution in [1.29, 1.82) is 0 Å². The van der Waals surface area contributed by atoms with Gasteiger partial charge in [-0.2, -0.15) is 0 Å². The summed E-state index contributed by atoms with van der Waals surface area (Å²) in [6.45, 7) is 3.27. The lowest BCUT2D eigenvalue weighted by Gasteiger charge is -2.17. The van der Waals surface area contributed by atoms with Crippen molar-refractivity contribution in [1.82, 2.24) is 5.32 Å². The van der Waals surface area contributed by atoms with Crippen LogP contribution < -0.4 is 5.32 Å². The second-order valence-electron chi connectivity index (χ2n) is 3.87. The minimum atomic E-state index is -0.906. The summed E-state index contributed by atoms with van der Waals surface area (Å²) in [5.41, 5.74) is 0. The van der Waals surface area contributed by atoms with Crippen LogP contribution in [0.1, 0.15) is 18.7 Å². The van der Waals surface area contributed by atoms with E-state index in [9.17, 15) is 9.59 Å². The molecule has 2 atom stereocenters. The van der Waals surface area contributed by atoms with Crippen LogP contribution in [0.25, 0.3) is 0 Å². The maximum atomic E-state index is 11.6. The van der Waals surface area contributed by atoms with E-state index >= 15 is 0 Å². The first-order valence-corrected chi connectivity index (χ1v) is 6.77. The third-order valence-corrected chi connectivity index (χ3v) is 4.12. The number of thiophene rings is 1. The largest absolute Gasteiger partial charge is 0.481 e. The lowest BCUT2D eigenvalue weighted by Crippen LogP contribution is -2.40. The van der Waals surface area contributed by atoms with E-state index in [1.165, 1.54) is 11.3 Å². The van der Waals surface area contributed by atoms with Crippen molar-refractivity contribution < 1.29 is 14.7 Å². The Morgan fingerprint density at radius 3 is 2.59 bits per heavy atom. The number of rotatable bonds is 5. The maximum absolute atomic E-state index is 11.6. The highest BCUT2D eigenvalue weighted by Crippen LogP contribution is 2.22. The Kier molecular flexibility index (Phi) is 5.14. The Hall–Kier alpha value is -0.880. The molecule has 4 nitrogen and oxygen atoms in total. The molecule has 0 aliphatic rings. The molecule has 0 aromatic carbocycles. The van der Waals surface area contributed by atoms with E-state index in [-0.39, 0.29) is 18.4 Å². The summed E-state index contributed by atoms with van der Waals surface area (Å²) in [4.78, 5) is 23.3. The number of nitrogens with one attached hydrogen (secondary N) is 1. The molecule has 0 bridgehead atoms. The maximum Gasteiger partial charge on any atom is 0.308 e. The van der Waals surface area contributed by atoms with Gasteiger partial charge in [0.05, 0.1) is 16.1 Å². The van der Waals surface area contributed by atoms with Crippen LogP contribution in [0.2, 0.25) is 0 Å². The lowest BCUT2D eigenvalue weighted by molar-refractivity contribution is -0.142. The van der Waals surface area contributed by atoms with Gasteiger partial charge in [0.1, 0.15) is 0 Å². The van der Waals surface area contributed by atoms with E-state index in [1.54, 1.807) is 13.8 Å². The average molecular weight is 320 g/mol. The summed E-state index contributed by atoms with van der Waals surface area (Å²) in [5, 5.41) is 11.5. The normalized spacial score (nSPS) is 14.1. The molecule has 2 unspecified atom stereocenters. The molecule has 1 heterocycles. The second kappa shape index (κ2) is 6.16. The zero-order valence-electron chi connectivity index (χ0n) is 9.57. The first-order chi connectivity index (χ1) is 7.90. The third kappa shape index (κ3) is 4.47. The number of carboxylic acids is 1. The average Bonchev–Trinajstić information content (AvgIpc) is 2.62. The first-order valence-electron chi connectivity index (χ1n) is 5.16. The molecule has 0 aliphatic carbocycles. The number of carbonyl (C=O) groups excluding carboxylic acids is 1. The van der Waals surface area contributed by atoms with Crippen LogP contribution >= 0.6 is 27.3 Å². The number of hydrogen-bond acceptors (Lipinski definition) is 3. The molecule has 17 heavy (non-hydrogen) atoms. The standard InChI is InChI=1S/C11H14BrNO3S/c1-6(11(15)16)7(2)13-10(14)5-8-3-4-9(12)17-8/h3-4,6-7H,5H2,1-2H3,(H,13,14)(H,15,16). The van der Waals surface area contributed by atoms with Gasteiger partial charge in [0.15, 0.2) is 0 Å². The van der Waals surface area contributed by atoms with E-state index in [1.807, 2.05) is 12.1 Å². The predicted octanol–water partition coefficient (Wildman–Crippen LogP) is 2.28. The van der Waals surface area contributed by atoms with Crippen molar-refractivity contribution in [2.75, 3.05) is 0 Å². The van der Waals surface area contributed by atoms with Crippen LogP contribution in [-0.2, 0) is 16.0 Å². The van der Waals surface area contributed by atoms with Crippen molar-refractivity contribution in [2.24, 2.45) is 5.92 Å². The van der Waals surface area contributed by atoms with Crippen LogP contribution in [0.5, 0.6) is 0 Å². The Labute approximate surface area is 112 Å². The molecule has 1 amide bonds. The number of carboxylic acid groups (broad SMARTS) is 1. The summed E-state index contributed by atoms with van der Waals surface area (Å²) in [6.07, 6.45) is 0.285. The molecule has 94 valence electrons. The van der Waals surface area contributed by atoms with Gasteiger partial charge in [0.2, 0.25) is 5.91 Å². The van der Waals surface area contributed by atoms with Crippen LogP contribution in [0, 0.1) is 5.92 Å². The van der Waals surface area contributed by atoms with Crippen LogP contribution in [0.4, 0.5) is 0 Å². The highest BCUT2D eigenvalue weighted by molar-refractivity contribution is 9.11. The number of aliphatic carboxylic acids is 1. The molecule has 1 aromatic rings. The highest BCUT2D eigenvalue weighted by Gasteiger charge is 2.21. The van der Waals surface area contributed by atoms with Gasteiger partial charge in [-0.3, -0.25) is 9.59 Å². The van der Waals surface area contributed by atoms with Crippen LogP contribution in [-0.4, -0.2) is 23.0 Å².